The topological polar surface area (TPSA) is 46.5 Å². The fourth-order valence-corrected chi connectivity index (χ4v) is 3.08. The maximum atomic E-state index is 10.2. The minimum absolute atomic E-state index is 0.331. The monoisotopic (exact) mass is 326 g/mol. The summed E-state index contributed by atoms with van der Waals surface area (Å²) in [5.41, 5.74) is 3.00. The SMILES string of the molecule is O=C(O)c1ccccc1.[Na][CH2]Oc1ccc(Cl)c2c1CCC2. The van der Waals surface area contributed by atoms with Crippen molar-refractivity contribution in [3.63, 3.8) is 0 Å². The van der Waals surface area contributed by atoms with Crippen molar-refractivity contribution >= 4 is 45.5 Å². The van der Waals surface area contributed by atoms with E-state index in [9.17, 15) is 4.79 Å². The quantitative estimate of drug-likeness (QED) is 0.874. The first-order chi connectivity index (χ1) is 10.6. The molecule has 0 saturated carbocycles. The van der Waals surface area contributed by atoms with Crippen LogP contribution in [-0.2, 0) is 12.8 Å². The zero-order valence-corrected chi connectivity index (χ0v) is 15.3. The van der Waals surface area contributed by atoms with E-state index in [1.807, 2.05) is 12.1 Å². The van der Waals surface area contributed by atoms with Crippen molar-refractivity contribution in [3.05, 3.63) is 64.2 Å². The van der Waals surface area contributed by atoms with Gasteiger partial charge in [-0.1, -0.05) is 18.2 Å². The van der Waals surface area contributed by atoms with E-state index in [4.69, 9.17) is 21.4 Å². The van der Waals surface area contributed by atoms with E-state index >= 15 is 0 Å². The number of ether oxygens (including phenoxy) is 1. The van der Waals surface area contributed by atoms with E-state index in [0.717, 1.165) is 55.4 Å². The Balaban J connectivity index is 0.000000172. The van der Waals surface area contributed by atoms with Crippen LogP contribution in [0.25, 0.3) is 0 Å². The summed E-state index contributed by atoms with van der Waals surface area (Å²) in [5, 5.41) is 9.30. The van der Waals surface area contributed by atoms with E-state index in [0.29, 0.717) is 5.56 Å². The van der Waals surface area contributed by atoms with Crippen molar-refractivity contribution in [2.24, 2.45) is 0 Å². The van der Waals surface area contributed by atoms with Crippen molar-refractivity contribution in [3.8, 4) is 5.75 Å². The second-order valence-corrected chi connectivity index (χ2v) is 5.94. The van der Waals surface area contributed by atoms with Gasteiger partial charge in [0.15, 0.2) is 0 Å². The van der Waals surface area contributed by atoms with Crippen LogP contribution in [0.5, 0.6) is 5.75 Å². The van der Waals surface area contributed by atoms with Crippen LogP contribution >= 0.6 is 11.6 Å². The van der Waals surface area contributed by atoms with E-state index in [1.165, 1.54) is 17.5 Å². The Bertz CT molecular complexity index is 644. The molecule has 0 saturated heterocycles. The summed E-state index contributed by atoms with van der Waals surface area (Å²) in [6.45, 7) is 0. The van der Waals surface area contributed by atoms with Crippen LogP contribution in [0.1, 0.15) is 27.9 Å². The van der Waals surface area contributed by atoms with Crippen molar-refractivity contribution < 1.29 is 14.6 Å². The predicted molar refractivity (Wildman–Crippen MR) is 88.1 cm³/mol. The third-order valence-electron chi connectivity index (χ3n) is 3.51. The first-order valence-corrected chi connectivity index (χ1v) is 9.14. The normalized spacial score (nSPS) is 12.1. The molecule has 1 aliphatic rings. The van der Waals surface area contributed by atoms with Gasteiger partial charge >= 0.3 is 107 Å². The van der Waals surface area contributed by atoms with Gasteiger partial charge in [0.25, 0.3) is 0 Å². The van der Waals surface area contributed by atoms with Gasteiger partial charge in [-0.3, -0.25) is 0 Å². The van der Waals surface area contributed by atoms with Crippen LogP contribution in [-0.4, -0.2) is 42.9 Å². The molecular weight excluding hydrogens is 311 g/mol. The van der Waals surface area contributed by atoms with Crippen molar-refractivity contribution in [2.75, 3.05) is 3.86 Å². The molecule has 3 rings (SSSR count). The maximum absolute atomic E-state index is 10.2. The van der Waals surface area contributed by atoms with Crippen LogP contribution in [0.15, 0.2) is 42.5 Å². The van der Waals surface area contributed by atoms with Crippen LogP contribution in [0.2, 0.25) is 5.02 Å². The van der Waals surface area contributed by atoms with Gasteiger partial charge in [0.2, 0.25) is 0 Å². The summed E-state index contributed by atoms with van der Waals surface area (Å²) in [6.07, 6.45) is 3.47. The molecule has 0 unspecified atom stereocenters. The Morgan fingerprint density at radius 3 is 2.41 bits per heavy atom. The van der Waals surface area contributed by atoms with Crippen molar-refractivity contribution in [2.45, 2.75) is 19.3 Å². The fourth-order valence-electron chi connectivity index (χ4n) is 2.50. The second kappa shape index (κ2) is 8.59. The van der Waals surface area contributed by atoms with Crippen LogP contribution in [0.4, 0.5) is 0 Å². The van der Waals surface area contributed by atoms with Crippen molar-refractivity contribution in [1.29, 1.82) is 0 Å². The number of hydrogen-bond donors (Lipinski definition) is 1. The van der Waals surface area contributed by atoms with Gasteiger partial charge in [-0.05, 0) is 12.1 Å². The Morgan fingerprint density at radius 2 is 1.82 bits per heavy atom. The Kier molecular flexibility index (Phi) is 6.77. The molecule has 0 spiro atoms. The van der Waals surface area contributed by atoms with Gasteiger partial charge in [-0.25, -0.2) is 4.79 Å². The van der Waals surface area contributed by atoms with E-state index < -0.39 is 5.97 Å². The molecule has 0 fully saturated rings. The summed E-state index contributed by atoms with van der Waals surface area (Å²) < 4.78 is 6.48. The zero-order chi connectivity index (χ0) is 15.9. The van der Waals surface area contributed by atoms with E-state index in [2.05, 4.69) is 0 Å². The number of hydrogen-bond acceptors (Lipinski definition) is 2. The molecule has 0 aliphatic heterocycles. The van der Waals surface area contributed by atoms with Crippen LogP contribution in [0.3, 0.4) is 0 Å². The molecule has 0 bridgehead atoms. The second-order valence-electron chi connectivity index (χ2n) is 4.96. The van der Waals surface area contributed by atoms with Crippen LogP contribution < -0.4 is 4.74 Å². The summed E-state index contributed by atoms with van der Waals surface area (Å²) in [6, 6.07) is 12.3. The van der Waals surface area contributed by atoms with Gasteiger partial charge in [0, 0.05) is 0 Å². The molecule has 0 amide bonds. The van der Waals surface area contributed by atoms with Gasteiger partial charge < -0.3 is 5.11 Å². The molecular formula is C17H16ClNaO3. The summed E-state index contributed by atoms with van der Waals surface area (Å²) in [7, 11) is 0. The molecule has 5 heteroatoms. The number of fused-ring (bicyclic) bond motifs is 1. The third kappa shape index (κ3) is 4.50. The molecule has 0 heterocycles. The average molecular weight is 327 g/mol. The van der Waals surface area contributed by atoms with E-state index in [-0.39, 0.29) is 0 Å². The number of carboxylic acid groups (broad SMARTS) is 1. The molecule has 2 aromatic carbocycles. The summed E-state index contributed by atoms with van der Waals surface area (Å²) in [4.78, 5) is 10.2. The van der Waals surface area contributed by atoms with E-state index in [1.54, 1.807) is 30.3 Å². The molecule has 1 N–H and O–H groups in total. The molecule has 3 nitrogen and oxygen atoms in total. The standard InChI is InChI=1S/C10H10ClO.C7H6O2.Na/c1-12-10-6-5-9(11)7-3-2-4-8(7)10;8-7(9)6-4-2-1-3-5-6;/h5-6H,1-4H2;1-5H,(H,8,9);. The molecule has 2 aromatic rings. The van der Waals surface area contributed by atoms with Gasteiger partial charge in [-0.2, -0.15) is 0 Å². The Hall–Kier alpha value is -1.00. The molecule has 1 aliphatic carbocycles. The number of carboxylic acids is 1. The minimum atomic E-state index is -0.879. The first-order valence-electron chi connectivity index (χ1n) is 7.35. The molecule has 22 heavy (non-hydrogen) atoms. The van der Waals surface area contributed by atoms with Crippen molar-refractivity contribution in [1.82, 2.24) is 0 Å². The first kappa shape index (κ1) is 17.4. The van der Waals surface area contributed by atoms with Gasteiger partial charge in [-0.15, -0.1) is 0 Å². The van der Waals surface area contributed by atoms with Gasteiger partial charge in [0.1, 0.15) is 0 Å². The van der Waals surface area contributed by atoms with Gasteiger partial charge in [0.05, 0.1) is 5.56 Å². The Labute approximate surface area is 152 Å². The molecule has 0 atom stereocenters. The summed E-state index contributed by atoms with van der Waals surface area (Å²) >= 11 is 7.18. The summed E-state index contributed by atoms with van der Waals surface area (Å²) in [5.74, 6) is 0.183. The molecule has 0 aromatic heterocycles. The zero-order valence-electron chi connectivity index (χ0n) is 12.5. The fraction of sp³-hybridized carbons (Fsp3) is 0.235. The average Bonchev–Trinajstić information content (AvgIpc) is 3.02. The Morgan fingerprint density at radius 1 is 1.14 bits per heavy atom. The molecule has 110 valence electrons. The molecule has 0 radical (unpaired) electrons. The number of halogens is 1. The van der Waals surface area contributed by atoms with Crippen LogP contribution in [0, 0.1) is 0 Å². The number of aromatic carboxylic acids is 1. The third-order valence-corrected chi connectivity index (χ3v) is 4.15. The number of rotatable bonds is 3. The number of carbonyl (C=O) groups is 1. The predicted octanol–water partition coefficient (Wildman–Crippen LogP) is 3.72. The number of benzene rings is 2.